The highest BCUT2D eigenvalue weighted by molar-refractivity contribution is 6.30. The third-order valence-corrected chi connectivity index (χ3v) is 5.10. The summed E-state index contributed by atoms with van der Waals surface area (Å²) in [7, 11) is 0. The standard InChI is InChI=1S/C18H23ClN2O2/c19-16-5-3-14(4-6-16)12-15-7-10-21(13-15)18(23)8-11-20-9-1-2-17(20)22/h3-6,15H,1-2,7-13H2. The van der Waals surface area contributed by atoms with Crippen LogP contribution >= 0.6 is 11.6 Å². The Kier molecular flexibility index (Phi) is 5.21. The first-order valence-electron chi connectivity index (χ1n) is 8.42. The van der Waals surface area contributed by atoms with Crippen LogP contribution in [0.5, 0.6) is 0 Å². The predicted octanol–water partition coefficient (Wildman–Crippen LogP) is 2.74. The van der Waals surface area contributed by atoms with Crippen LogP contribution in [-0.2, 0) is 16.0 Å². The molecule has 1 unspecified atom stereocenters. The summed E-state index contributed by atoms with van der Waals surface area (Å²) in [4.78, 5) is 27.7. The van der Waals surface area contributed by atoms with Gasteiger partial charge in [-0.1, -0.05) is 23.7 Å². The predicted molar refractivity (Wildman–Crippen MR) is 90.3 cm³/mol. The molecule has 2 aliphatic heterocycles. The number of amides is 2. The van der Waals surface area contributed by atoms with Gasteiger partial charge in [0.25, 0.3) is 0 Å². The average Bonchev–Trinajstić information content (AvgIpc) is 3.16. The Hall–Kier alpha value is -1.55. The highest BCUT2D eigenvalue weighted by Gasteiger charge is 2.27. The second-order valence-electron chi connectivity index (χ2n) is 6.56. The van der Waals surface area contributed by atoms with E-state index < -0.39 is 0 Å². The molecule has 0 saturated carbocycles. The van der Waals surface area contributed by atoms with Crippen molar-refractivity contribution in [3.05, 3.63) is 34.9 Å². The van der Waals surface area contributed by atoms with Crippen molar-refractivity contribution in [2.24, 2.45) is 5.92 Å². The lowest BCUT2D eigenvalue weighted by atomic mass is 9.99. The largest absolute Gasteiger partial charge is 0.342 e. The fourth-order valence-electron chi connectivity index (χ4n) is 3.51. The molecule has 5 heteroatoms. The zero-order chi connectivity index (χ0) is 16.2. The molecule has 3 rings (SSSR count). The Morgan fingerprint density at radius 3 is 2.70 bits per heavy atom. The third kappa shape index (κ3) is 4.25. The van der Waals surface area contributed by atoms with Gasteiger partial charge in [0.1, 0.15) is 0 Å². The molecule has 2 heterocycles. The summed E-state index contributed by atoms with van der Waals surface area (Å²) in [6, 6.07) is 7.96. The van der Waals surface area contributed by atoms with E-state index in [-0.39, 0.29) is 11.8 Å². The zero-order valence-corrected chi connectivity index (χ0v) is 14.1. The minimum absolute atomic E-state index is 0.184. The number of hydrogen-bond donors (Lipinski definition) is 0. The minimum Gasteiger partial charge on any atom is -0.342 e. The van der Waals surface area contributed by atoms with E-state index in [1.165, 1.54) is 5.56 Å². The molecule has 124 valence electrons. The van der Waals surface area contributed by atoms with Crippen LogP contribution in [-0.4, -0.2) is 47.8 Å². The van der Waals surface area contributed by atoms with Crippen molar-refractivity contribution in [2.45, 2.75) is 32.1 Å². The normalized spacial score (nSPS) is 21.3. The summed E-state index contributed by atoms with van der Waals surface area (Å²) in [6.45, 7) is 3.06. The molecule has 0 aliphatic carbocycles. The number of carbonyl (C=O) groups is 2. The van der Waals surface area contributed by atoms with Gasteiger partial charge >= 0.3 is 0 Å². The lowest BCUT2D eigenvalue weighted by Gasteiger charge is -2.20. The Morgan fingerprint density at radius 2 is 2.00 bits per heavy atom. The minimum atomic E-state index is 0.184. The van der Waals surface area contributed by atoms with Gasteiger partial charge in [0.05, 0.1) is 0 Å². The molecule has 2 amide bonds. The molecule has 2 fully saturated rings. The fraction of sp³-hybridized carbons (Fsp3) is 0.556. The molecular weight excluding hydrogens is 312 g/mol. The van der Waals surface area contributed by atoms with Gasteiger partial charge in [-0.15, -0.1) is 0 Å². The van der Waals surface area contributed by atoms with Gasteiger partial charge in [0.15, 0.2) is 0 Å². The highest BCUT2D eigenvalue weighted by atomic mass is 35.5. The highest BCUT2D eigenvalue weighted by Crippen LogP contribution is 2.22. The quantitative estimate of drug-likeness (QED) is 0.830. The first-order chi connectivity index (χ1) is 11.1. The number of likely N-dealkylation sites (tertiary alicyclic amines) is 2. The maximum Gasteiger partial charge on any atom is 0.224 e. The van der Waals surface area contributed by atoms with Gasteiger partial charge < -0.3 is 9.80 Å². The number of carbonyl (C=O) groups excluding carboxylic acids is 2. The lowest BCUT2D eigenvalue weighted by molar-refractivity contribution is -0.132. The molecule has 0 spiro atoms. The van der Waals surface area contributed by atoms with Gasteiger partial charge in [0.2, 0.25) is 11.8 Å². The van der Waals surface area contributed by atoms with E-state index in [1.807, 2.05) is 21.9 Å². The van der Waals surface area contributed by atoms with Crippen molar-refractivity contribution in [1.29, 1.82) is 0 Å². The topological polar surface area (TPSA) is 40.6 Å². The second kappa shape index (κ2) is 7.35. The van der Waals surface area contributed by atoms with Crippen LogP contribution < -0.4 is 0 Å². The van der Waals surface area contributed by atoms with Crippen molar-refractivity contribution in [3.63, 3.8) is 0 Å². The van der Waals surface area contributed by atoms with Crippen LogP contribution in [0.15, 0.2) is 24.3 Å². The molecule has 0 radical (unpaired) electrons. The SMILES string of the molecule is O=C1CCCN1CCC(=O)N1CCC(Cc2ccc(Cl)cc2)C1. The first-order valence-corrected chi connectivity index (χ1v) is 8.79. The number of benzene rings is 1. The average molecular weight is 335 g/mol. The Balaban J connectivity index is 1.44. The van der Waals surface area contributed by atoms with Crippen molar-refractivity contribution >= 4 is 23.4 Å². The molecule has 4 nitrogen and oxygen atoms in total. The molecule has 23 heavy (non-hydrogen) atoms. The maximum atomic E-state index is 12.3. The second-order valence-corrected chi connectivity index (χ2v) is 7.00. The van der Waals surface area contributed by atoms with E-state index in [2.05, 4.69) is 12.1 Å². The Labute approximate surface area is 142 Å². The number of halogens is 1. The smallest absolute Gasteiger partial charge is 0.224 e. The molecule has 2 saturated heterocycles. The van der Waals surface area contributed by atoms with E-state index in [0.29, 0.717) is 25.3 Å². The van der Waals surface area contributed by atoms with Gasteiger partial charge in [0, 0.05) is 44.0 Å². The zero-order valence-electron chi connectivity index (χ0n) is 13.3. The van der Waals surface area contributed by atoms with Crippen LogP contribution in [0.25, 0.3) is 0 Å². The van der Waals surface area contributed by atoms with Gasteiger partial charge in [-0.3, -0.25) is 9.59 Å². The molecule has 0 N–H and O–H groups in total. The molecule has 0 bridgehead atoms. The van der Waals surface area contributed by atoms with Gasteiger partial charge in [-0.25, -0.2) is 0 Å². The molecule has 1 atom stereocenters. The van der Waals surface area contributed by atoms with Crippen LogP contribution in [0.3, 0.4) is 0 Å². The molecule has 1 aromatic rings. The molecular formula is C18H23ClN2O2. The van der Waals surface area contributed by atoms with Gasteiger partial charge in [-0.2, -0.15) is 0 Å². The maximum absolute atomic E-state index is 12.3. The Bertz CT molecular complexity index is 573. The number of rotatable bonds is 5. The van der Waals surface area contributed by atoms with Crippen molar-refractivity contribution < 1.29 is 9.59 Å². The van der Waals surface area contributed by atoms with E-state index in [9.17, 15) is 9.59 Å². The van der Waals surface area contributed by atoms with E-state index in [1.54, 1.807) is 0 Å². The van der Waals surface area contributed by atoms with Crippen molar-refractivity contribution in [3.8, 4) is 0 Å². The van der Waals surface area contributed by atoms with Crippen LogP contribution in [0.2, 0.25) is 5.02 Å². The molecule has 2 aliphatic rings. The van der Waals surface area contributed by atoms with Crippen LogP contribution in [0, 0.1) is 5.92 Å². The number of nitrogens with zero attached hydrogens (tertiary/aromatic N) is 2. The van der Waals surface area contributed by atoms with E-state index in [0.717, 1.165) is 43.9 Å². The monoisotopic (exact) mass is 334 g/mol. The lowest BCUT2D eigenvalue weighted by Crippen LogP contribution is -2.33. The van der Waals surface area contributed by atoms with Crippen molar-refractivity contribution in [1.82, 2.24) is 9.80 Å². The summed E-state index contributed by atoms with van der Waals surface area (Å²) in [6.07, 6.45) is 4.07. The van der Waals surface area contributed by atoms with E-state index in [4.69, 9.17) is 11.6 Å². The first kappa shape index (κ1) is 16.3. The fourth-order valence-corrected chi connectivity index (χ4v) is 3.63. The number of hydrogen-bond acceptors (Lipinski definition) is 2. The van der Waals surface area contributed by atoms with Crippen molar-refractivity contribution in [2.75, 3.05) is 26.2 Å². The van der Waals surface area contributed by atoms with Crippen LogP contribution in [0.4, 0.5) is 0 Å². The van der Waals surface area contributed by atoms with Gasteiger partial charge in [-0.05, 0) is 42.9 Å². The third-order valence-electron chi connectivity index (χ3n) is 4.84. The Morgan fingerprint density at radius 1 is 1.22 bits per heavy atom. The van der Waals surface area contributed by atoms with E-state index >= 15 is 0 Å². The van der Waals surface area contributed by atoms with Crippen LogP contribution in [0.1, 0.15) is 31.2 Å². The summed E-state index contributed by atoms with van der Waals surface area (Å²) in [5.74, 6) is 0.900. The summed E-state index contributed by atoms with van der Waals surface area (Å²) in [5, 5.41) is 0.758. The summed E-state index contributed by atoms with van der Waals surface area (Å²) < 4.78 is 0. The molecule has 0 aromatic heterocycles. The molecule has 1 aromatic carbocycles. The summed E-state index contributed by atoms with van der Waals surface area (Å²) in [5.41, 5.74) is 1.27. The summed E-state index contributed by atoms with van der Waals surface area (Å²) >= 11 is 5.91.